The van der Waals surface area contributed by atoms with E-state index < -0.39 is 5.97 Å². The fourth-order valence-electron chi connectivity index (χ4n) is 1.39. The van der Waals surface area contributed by atoms with Crippen LogP contribution < -0.4 is 10.1 Å². The van der Waals surface area contributed by atoms with Crippen LogP contribution in [0.25, 0.3) is 0 Å². The molecule has 1 rings (SSSR count). The number of allylic oxidation sites excluding steroid dienone is 1. The van der Waals surface area contributed by atoms with Crippen LogP contribution >= 0.6 is 0 Å². The number of hydrogen-bond donors (Lipinski definition) is 2. The number of hydrogen-bond acceptors (Lipinski definition) is 3. The van der Waals surface area contributed by atoms with E-state index in [4.69, 9.17) is 9.84 Å². The zero-order chi connectivity index (χ0) is 13.5. The third-order valence-corrected chi connectivity index (χ3v) is 2.31. The van der Waals surface area contributed by atoms with Crippen LogP contribution in [-0.2, 0) is 4.79 Å². The molecule has 0 aliphatic rings. The molecule has 1 aromatic carbocycles. The van der Waals surface area contributed by atoms with Gasteiger partial charge in [-0.2, -0.15) is 0 Å². The van der Waals surface area contributed by atoms with Gasteiger partial charge in [0, 0.05) is 12.5 Å². The number of carbonyl (C=O) groups is 2. The maximum absolute atomic E-state index is 11.6. The fourth-order valence-corrected chi connectivity index (χ4v) is 1.39. The first kappa shape index (κ1) is 13.8. The molecule has 0 bridgehead atoms. The molecule has 0 fully saturated rings. The predicted octanol–water partition coefficient (Wildman–Crippen LogP) is 2.30. The monoisotopic (exact) mass is 249 g/mol. The summed E-state index contributed by atoms with van der Waals surface area (Å²) in [5.41, 5.74) is 0.263. The molecule has 0 saturated heterocycles. The summed E-state index contributed by atoms with van der Waals surface area (Å²) in [6, 6.07) is 4.41. The van der Waals surface area contributed by atoms with Gasteiger partial charge < -0.3 is 15.2 Å². The van der Waals surface area contributed by atoms with Crippen molar-refractivity contribution in [1.82, 2.24) is 0 Å². The second-order valence-electron chi connectivity index (χ2n) is 3.59. The number of ether oxygens (including phenoxy) is 1. The smallest absolute Gasteiger partial charge is 0.337 e. The highest BCUT2D eigenvalue weighted by atomic mass is 16.5. The lowest BCUT2D eigenvalue weighted by Crippen LogP contribution is -2.14. The van der Waals surface area contributed by atoms with Crippen molar-refractivity contribution in [3.63, 3.8) is 0 Å². The summed E-state index contributed by atoms with van der Waals surface area (Å²) < 4.78 is 4.99. The summed E-state index contributed by atoms with van der Waals surface area (Å²) in [7, 11) is 1.47. The van der Waals surface area contributed by atoms with Gasteiger partial charge in [0.1, 0.15) is 5.75 Å². The lowest BCUT2D eigenvalue weighted by atomic mass is 10.1. The van der Waals surface area contributed by atoms with Crippen LogP contribution in [0.5, 0.6) is 5.75 Å². The summed E-state index contributed by atoms with van der Waals surface area (Å²) in [6.45, 7) is 3.52. The Morgan fingerprint density at radius 2 is 2.22 bits per heavy atom. The first-order chi connectivity index (χ1) is 8.58. The van der Waals surface area contributed by atoms with E-state index in [0.717, 1.165) is 0 Å². The molecule has 0 aromatic heterocycles. The first-order valence-corrected chi connectivity index (χ1v) is 5.40. The Morgan fingerprint density at radius 1 is 1.50 bits per heavy atom. The van der Waals surface area contributed by atoms with Crippen LogP contribution in [0, 0.1) is 0 Å². The Morgan fingerprint density at radius 3 is 2.78 bits per heavy atom. The highest BCUT2D eigenvalue weighted by Gasteiger charge is 2.13. The van der Waals surface area contributed by atoms with Crippen molar-refractivity contribution in [2.75, 3.05) is 12.4 Å². The van der Waals surface area contributed by atoms with Crippen LogP contribution in [0.4, 0.5) is 5.69 Å². The van der Waals surface area contributed by atoms with E-state index in [1.165, 1.54) is 25.3 Å². The Bertz CT molecular complexity index is 468. The fraction of sp³-hybridized carbons (Fsp3) is 0.231. The Hall–Kier alpha value is -2.30. The van der Waals surface area contributed by atoms with Gasteiger partial charge in [0.25, 0.3) is 0 Å². The number of carboxylic acids is 1. The van der Waals surface area contributed by atoms with Crippen molar-refractivity contribution in [2.45, 2.75) is 12.8 Å². The number of methoxy groups -OCH3 is 1. The topological polar surface area (TPSA) is 75.6 Å². The quantitative estimate of drug-likeness (QED) is 0.758. The van der Waals surface area contributed by atoms with Gasteiger partial charge in [-0.3, -0.25) is 4.79 Å². The SMILES string of the molecule is C=CCCC(=O)Nc1cc(OC)ccc1C(=O)O. The van der Waals surface area contributed by atoms with Crippen LogP contribution in [-0.4, -0.2) is 24.1 Å². The molecular formula is C13H15NO4. The molecule has 0 radical (unpaired) electrons. The lowest BCUT2D eigenvalue weighted by Gasteiger charge is -2.09. The van der Waals surface area contributed by atoms with E-state index in [0.29, 0.717) is 12.2 Å². The highest BCUT2D eigenvalue weighted by molar-refractivity contribution is 6.00. The van der Waals surface area contributed by atoms with Gasteiger partial charge in [0.2, 0.25) is 5.91 Å². The van der Waals surface area contributed by atoms with Crippen LogP contribution in [0.1, 0.15) is 23.2 Å². The summed E-state index contributed by atoms with van der Waals surface area (Å²) in [5, 5.41) is 11.6. The number of carboxylic acid groups (broad SMARTS) is 1. The number of carbonyl (C=O) groups excluding carboxylic acids is 1. The molecule has 0 heterocycles. The molecule has 0 saturated carbocycles. The van der Waals surface area contributed by atoms with Crippen LogP contribution in [0.2, 0.25) is 0 Å². The second kappa shape index (κ2) is 6.44. The molecular weight excluding hydrogens is 234 g/mol. The molecule has 0 atom stereocenters. The van der Waals surface area contributed by atoms with Crippen molar-refractivity contribution in [3.8, 4) is 5.75 Å². The Balaban J connectivity index is 2.93. The largest absolute Gasteiger partial charge is 0.497 e. The van der Waals surface area contributed by atoms with Crippen molar-refractivity contribution in [3.05, 3.63) is 36.4 Å². The maximum Gasteiger partial charge on any atom is 0.337 e. The van der Waals surface area contributed by atoms with E-state index in [1.807, 2.05) is 0 Å². The highest BCUT2D eigenvalue weighted by Crippen LogP contribution is 2.22. The molecule has 0 aliphatic heterocycles. The number of benzene rings is 1. The standard InChI is InChI=1S/C13H15NO4/c1-3-4-5-12(15)14-11-8-9(18-2)6-7-10(11)13(16)17/h3,6-8H,1,4-5H2,2H3,(H,14,15)(H,16,17). The molecule has 1 aromatic rings. The predicted molar refractivity (Wildman–Crippen MR) is 68.0 cm³/mol. The van der Waals surface area contributed by atoms with Gasteiger partial charge >= 0.3 is 5.97 Å². The Kier molecular flexibility index (Phi) is 4.92. The summed E-state index contributed by atoms with van der Waals surface area (Å²) in [6.07, 6.45) is 2.43. The van der Waals surface area contributed by atoms with E-state index >= 15 is 0 Å². The van der Waals surface area contributed by atoms with E-state index in [2.05, 4.69) is 11.9 Å². The van der Waals surface area contributed by atoms with Crippen molar-refractivity contribution >= 4 is 17.6 Å². The van der Waals surface area contributed by atoms with Gasteiger partial charge in [-0.15, -0.1) is 6.58 Å². The minimum Gasteiger partial charge on any atom is -0.497 e. The molecule has 1 amide bonds. The Labute approximate surface area is 105 Å². The number of rotatable bonds is 6. The van der Waals surface area contributed by atoms with E-state index in [9.17, 15) is 9.59 Å². The molecule has 18 heavy (non-hydrogen) atoms. The summed E-state index contributed by atoms with van der Waals surface area (Å²) in [5.74, 6) is -0.874. The normalized spacial score (nSPS) is 9.61. The second-order valence-corrected chi connectivity index (χ2v) is 3.59. The lowest BCUT2D eigenvalue weighted by molar-refractivity contribution is -0.116. The van der Waals surface area contributed by atoms with E-state index in [1.54, 1.807) is 6.08 Å². The number of amides is 1. The average molecular weight is 249 g/mol. The third kappa shape index (κ3) is 3.62. The molecule has 5 heteroatoms. The average Bonchev–Trinajstić information content (AvgIpc) is 2.35. The summed E-state index contributed by atoms with van der Waals surface area (Å²) >= 11 is 0. The van der Waals surface area contributed by atoms with Crippen molar-refractivity contribution in [2.24, 2.45) is 0 Å². The van der Waals surface area contributed by atoms with Crippen molar-refractivity contribution < 1.29 is 19.4 Å². The van der Waals surface area contributed by atoms with Crippen LogP contribution in [0.15, 0.2) is 30.9 Å². The summed E-state index contributed by atoms with van der Waals surface area (Å²) in [4.78, 5) is 22.6. The molecule has 96 valence electrons. The molecule has 5 nitrogen and oxygen atoms in total. The number of aromatic carboxylic acids is 1. The minimum absolute atomic E-state index is 0.0303. The molecule has 2 N–H and O–H groups in total. The zero-order valence-electron chi connectivity index (χ0n) is 10.1. The minimum atomic E-state index is -1.10. The van der Waals surface area contributed by atoms with Gasteiger partial charge in [-0.25, -0.2) is 4.79 Å². The molecule has 0 unspecified atom stereocenters. The zero-order valence-corrected chi connectivity index (χ0v) is 10.1. The first-order valence-electron chi connectivity index (χ1n) is 5.40. The van der Waals surface area contributed by atoms with Gasteiger partial charge in [0.05, 0.1) is 18.4 Å². The third-order valence-electron chi connectivity index (χ3n) is 2.31. The van der Waals surface area contributed by atoms with Crippen LogP contribution in [0.3, 0.4) is 0 Å². The number of anilines is 1. The molecule has 0 aliphatic carbocycles. The molecule has 0 spiro atoms. The van der Waals surface area contributed by atoms with Gasteiger partial charge in [0.15, 0.2) is 0 Å². The van der Waals surface area contributed by atoms with E-state index in [-0.39, 0.29) is 23.6 Å². The van der Waals surface area contributed by atoms with Gasteiger partial charge in [-0.05, 0) is 18.6 Å². The maximum atomic E-state index is 11.6. The van der Waals surface area contributed by atoms with Gasteiger partial charge in [-0.1, -0.05) is 6.08 Å². The van der Waals surface area contributed by atoms with Crippen molar-refractivity contribution in [1.29, 1.82) is 0 Å². The number of nitrogens with one attached hydrogen (secondary N) is 1.